The summed E-state index contributed by atoms with van der Waals surface area (Å²) in [6, 6.07) is 4.61. The van der Waals surface area contributed by atoms with E-state index in [0.717, 1.165) is 22.6 Å². The van der Waals surface area contributed by atoms with Crippen molar-refractivity contribution in [2.24, 2.45) is 13.0 Å². The van der Waals surface area contributed by atoms with Crippen molar-refractivity contribution in [3.8, 4) is 17.1 Å². The number of aromatic nitrogens is 4. The summed E-state index contributed by atoms with van der Waals surface area (Å²) in [6.07, 6.45) is -1.17. The average molecular weight is 509 g/mol. The molecule has 0 spiro atoms. The van der Waals surface area contributed by atoms with Crippen LogP contribution in [0.1, 0.15) is 35.0 Å². The minimum atomic E-state index is -4.55. The number of halogens is 5. The van der Waals surface area contributed by atoms with Gasteiger partial charge in [0.1, 0.15) is 6.61 Å². The van der Waals surface area contributed by atoms with Crippen LogP contribution in [0.15, 0.2) is 42.9 Å². The van der Waals surface area contributed by atoms with Crippen molar-refractivity contribution in [2.75, 3.05) is 13.2 Å². The number of pyridine rings is 2. The van der Waals surface area contributed by atoms with E-state index in [1.807, 2.05) is 13.0 Å². The predicted molar refractivity (Wildman–Crippen MR) is 119 cm³/mol. The SMILES string of the molecule is Cc1ccc(-c2cn(C)nc2C(=O)N2CC(F)(F)C[C@@H](C)C2COc2ccc(C(F)(F)F)cn2)nc1. The van der Waals surface area contributed by atoms with Gasteiger partial charge in [-0.1, -0.05) is 13.0 Å². The maximum absolute atomic E-state index is 14.6. The van der Waals surface area contributed by atoms with E-state index in [4.69, 9.17) is 4.74 Å². The van der Waals surface area contributed by atoms with E-state index in [9.17, 15) is 26.7 Å². The lowest BCUT2D eigenvalue weighted by molar-refractivity contribution is -0.137. The van der Waals surface area contributed by atoms with Crippen molar-refractivity contribution >= 4 is 5.91 Å². The number of amides is 1. The quantitative estimate of drug-likeness (QED) is 0.464. The molecule has 0 radical (unpaired) electrons. The molecular formula is C24H24F5N5O2. The van der Waals surface area contributed by atoms with Gasteiger partial charge in [-0.15, -0.1) is 0 Å². The van der Waals surface area contributed by atoms with Crippen molar-refractivity contribution < 1.29 is 31.5 Å². The zero-order valence-corrected chi connectivity index (χ0v) is 19.8. The first-order valence-electron chi connectivity index (χ1n) is 11.2. The monoisotopic (exact) mass is 509 g/mol. The highest BCUT2D eigenvalue weighted by atomic mass is 19.4. The Morgan fingerprint density at radius 3 is 2.53 bits per heavy atom. The first kappa shape index (κ1) is 25.5. The molecule has 7 nitrogen and oxygen atoms in total. The van der Waals surface area contributed by atoms with Crippen molar-refractivity contribution in [2.45, 2.75) is 38.4 Å². The fraction of sp³-hybridized carbons (Fsp3) is 0.417. The summed E-state index contributed by atoms with van der Waals surface area (Å²) in [6.45, 7) is 2.36. The number of alkyl halides is 5. The molecule has 36 heavy (non-hydrogen) atoms. The van der Waals surface area contributed by atoms with Gasteiger partial charge >= 0.3 is 6.18 Å². The number of nitrogens with zero attached hydrogens (tertiary/aromatic N) is 5. The number of rotatable bonds is 5. The molecule has 0 bridgehead atoms. The molecule has 3 aromatic heterocycles. The molecule has 1 saturated heterocycles. The van der Waals surface area contributed by atoms with Gasteiger partial charge in [-0.05, 0) is 30.5 Å². The van der Waals surface area contributed by atoms with Crippen LogP contribution in [0.3, 0.4) is 0 Å². The van der Waals surface area contributed by atoms with Gasteiger partial charge in [0.25, 0.3) is 11.8 Å². The van der Waals surface area contributed by atoms with Gasteiger partial charge in [0, 0.05) is 38.1 Å². The van der Waals surface area contributed by atoms with Crippen molar-refractivity contribution in [1.29, 1.82) is 0 Å². The Balaban J connectivity index is 1.60. The lowest BCUT2D eigenvalue weighted by Gasteiger charge is -2.42. The largest absolute Gasteiger partial charge is 0.475 e. The zero-order chi connectivity index (χ0) is 26.3. The minimum Gasteiger partial charge on any atom is -0.475 e. The van der Waals surface area contributed by atoms with Crippen LogP contribution in [-0.4, -0.2) is 55.7 Å². The normalized spacial score (nSPS) is 19.8. The molecule has 1 unspecified atom stereocenters. The third-order valence-corrected chi connectivity index (χ3v) is 6.02. The second kappa shape index (κ2) is 9.47. The van der Waals surface area contributed by atoms with Gasteiger partial charge in [0.15, 0.2) is 5.69 Å². The molecule has 0 saturated carbocycles. The van der Waals surface area contributed by atoms with Crippen LogP contribution in [0.5, 0.6) is 5.88 Å². The van der Waals surface area contributed by atoms with E-state index in [-0.39, 0.29) is 18.2 Å². The van der Waals surface area contributed by atoms with Gasteiger partial charge in [-0.25, -0.2) is 13.8 Å². The topological polar surface area (TPSA) is 73.1 Å². The molecule has 192 valence electrons. The summed E-state index contributed by atoms with van der Waals surface area (Å²) in [5.74, 6) is -4.62. The fourth-order valence-electron chi connectivity index (χ4n) is 4.22. The molecule has 0 aromatic carbocycles. The molecule has 1 amide bonds. The third kappa shape index (κ3) is 5.47. The van der Waals surface area contributed by atoms with Gasteiger partial charge in [0.2, 0.25) is 5.88 Å². The number of carbonyl (C=O) groups excluding carboxylic acids is 1. The van der Waals surface area contributed by atoms with Crippen LogP contribution in [0.4, 0.5) is 22.0 Å². The summed E-state index contributed by atoms with van der Waals surface area (Å²) in [7, 11) is 1.61. The summed E-state index contributed by atoms with van der Waals surface area (Å²) < 4.78 is 74.4. The van der Waals surface area contributed by atoms with Gasteiger partial charge in [0.05, 0.1) is 29.4 Å². The number of carbonyl (C=O) groups is 1. The number of aryl methyl sites for hydroxylation is 2. The summed E-state index contributed by atoms with van der Waals surface area (Å²) >= 11 is 0. The Kier molecular flexibility index (Phi) is 6.72. The number of hydrogen-bond donors (Lipinski definition) is 0. The second-order valence-electron chi connectivity index (χ2n) is 9.02. The van der Waals surface area contributed by atoms with Crippen LogP contribution in [0, 0.1) is 12.8 Å². The highest BCUT2D eigenvalue weighted by Crippen LogP contribution is 2.36. The fourth-order valence-corrected chi connectivity index (χ4v) is 4.22. The highest BCUT2D eigenvalue weighted by Gasteiger charge is 2.47. The molecule has 1 aliphatic rings. The molecule has 0 N–H and O–H groups in total. The first-order chi connectivity index (χ1) is 16.8. The standard InChI is InChI=1S/C24H24F5N5O2/c1-14-4-6-18(30-9-14)17-11-33(3)32-21(17)22(35)34-13-23(25,26)8-15(2)19(34)12-36-20-7-5-16(10-31-20)24(27,28)29/h4-7,9-11,15,19H,8,12-13H2,1-3H3/t15-,19?/m1/s1. The van der Waals surface area contributed by atoms with E-state index in [0.29, 0.717) is 17.5 Å². The summed E-state index contributed by atoms with van der Waals surface area (Å²) in [5.41, 5.74) is 0.805. The number of likely N-dealkylation sites (tertiary alicyclic amines) is 1. The number of piperidine rings is 1. The molecule has 0 aliphatic carbocycles. The molecule has 4 rings (SSSR count). The van der Waals surface area contributed by atoms with E-state index >= 15 is 0 Å². The van der Waals surface area contributed by atoms with Crippen molar-refractivity contribution in [3.63, 3.8) is 0 Å². The summed E-state index contributed by atoms with van der Waals surface area (Å²) in [5, 5.41) is 4.22. The molecule has 3 aromatic rings. The molecule has 1 aliphatic heterocycles. The van der Waals surface area contributed by atoms with Gasteiger partial charge in [-0.2, -0.15) is 18.3 Å². The Hall–Kier alpha value is -3.57. The van der Waals surface area contributed by atoms with Crippen LogP contribution >= 0.6 is 0 Å². The summed E-state index contributed by atoms with van der Waals surface area (Å²) in [4.78, 5) is 22.6. The number of hydrogen-bond acceptors (Lipinski definition) is 5. The lowest BCUT2D eigenvalue weighted by Crippen LogP contribution is -2.57. The van der Waals surface area contributed by atoms with Gasteiger partial charge < -0.3 is 9.64 Å². The van der Waals surface area contributed by atoms with Crippen LogP contribution in [0.25, 0.3) is 11.3 Å². The smallest absolute Gasteiger partial charge is 0.417 e. The van der Waals surface area contributed by atoms with Gasteiger partial charge in [-0.3, -0.25) is 14.5 Å². The van der Waals surface area contributed by atoms with E-state index in [1.54, 1.807) is 32.4 Å². The average Bonchev–Trinajstić information content (AvgIpc) is 3.19. The molecule has 2 atom stereocenters. The lowest BCUT2D eigenvalue weighted by atomic mass is 9.88. The van der Waals surface area contributed by atoms with E-state index in [2.05, 4.69) is 15.1 Å². The molecule has 12 heteroatoms. The predicted octanol–water partition coefficient (Wildman–Crippen LogP) is 4.77. The Bertz CT molecular complexity index is 1230. The van der Waals surface area contributed by atoms with E-state index < -0.39 is 48.5 Å². The van der Waals surface area contributed by atoms with E-state index in [1.165, 1.54) is 4.68 Å². The number of ether oxygens (including phenoxy) is 1. The molecule has 4 heterocycles. The second-order valence-corrected chi connectivity index (χ2v) is 9.02. The Morgan fingerprint density at radius 2 is 1.92 bits per heavy atom. The third-order valence-electron chi connectivity index (χ3n) is 6.02. The van der Waals surface area contributed by atoms with Crippen LogP contribution < -0.4 is 4.74 Å². The van der Waals surface area contributed by atoms with Crippen molar-refractivity contribution in [1.82, 2.24) is 24.6 Å². The molecule has 1 fully saturated rings. The van der Waals surface area contributed by atoms with Crippen molar-refractivity contribution in [3.05, 3.63) is 59.7 Å². The Labute approximate surface area is 203 Å². The first-order valence-corrected chi connectivity index (χ1v) is 11.2. The van der Waals surface area contributed by atoms with Crippen LogP contribution in [-0.2, 0) is 13.2 Å². The highest BCUT2D eigenvalue weighted by molar-refractivity contribution is 5.98. The Morgan fingerprint density at radius 1 is 1.17 bits per heavy atom. The zero-order valence-electron chi connectivity index (χ0n) is 19.8. The molecular weight excluding hydrogens is 485 g/mol. The van der Waals surface area contributed by atoms with Crippen LogP contribution in [0.2, 0.25) is 0 Å². The maximum Gasteiger partial charge on any atom is 0.417 e. The maximum atomic E-state index is 14.6. The minimum absolute atomic E-state index is 0.0311.